The lowest BCUT2D eigenvalue weighted by Crippen LogP contribution is -2.62. The van der Waals surface area contributed by atoms with Gasteiger partial charge < -0.3 is 26.6 Å². The second-order valence-corrected chi connectivity index (χ2v) is 20.3. The number of fused-ring (bicyclic) bond motifs is 1. The first-order chi connectivity index (χ1) is 22.1. The van der Waals surface area contributed by atoms with Crippen molar-refractivity contribution in [2.24, 2.45) is 40.2 Å². The number of amides is 5. The number of primary amides is 1. The van der Waals surface area contributed by atoms with Gasteiger partial charge in [-0.15, -0.1) is 0 Å². The van der Waals surface area contributed by atoms with E-state index in [0.29, 0.717) is 13.0 Å². The van der Waals surface area contributed by atoms with Gasteiger partial charge in [-0.2, -0.15) is 0 Å². The summed E-state index contributed by atoms with van der Waals surface area (Å²) in [5.41, 5.74) is 4.38. The molecule has 0 spiro atoms. The maximum atomic E-state index is 14.4. The van der Waals surface area contributed by atoms with E-state index in [9.17, 15) is 32.4 Å². The quantitative estimate of drug-likeness (QED) is 0.226. The van der Waals surface area contributed by atoms with Crippen LogP contribution >= 0.6 is 0 Å². The molecule has 272 valence electrons. The number of nitrogens with zero attached hydrogens (tertiary/aromatic N) is 1. The predicted molar refractivity (Wildman–Crippen MR) is 183 cm³/mol. The van der Waals surface area contributed by atoms with E-state index in [1.54, 1.807) is 20.8 Å². The molecule has 3 unspecified atom stereocenters. The van der Waals surface area contributed by atoms with Crippen molar-refractivity contribution in [1.29, 1.82) is 0 Å². The summed E-state index contributed by atoms with van der Waals surface area (Å²) in [6.45, 7) is 14.9. The number of ketones is 1. The molecule has 4 fully saturated rings. The fraction of sp³-hybridized carbons (Fsp3) is 0.857. The van der Waals surface area contributed by atoms with Gasteiger partial charge in [0.25, 0.3) is 5.91 Å². The third-order valence-corrected chi connectivity index (χ3v) is 14.3. The number of hydrogen-bond acceptors (Lipinski definition) is 7. The van der Waals surface area contributed by atoms with Crippen molar-refractivity contribution < 1.29 is 32.4 Å². The first kappa shape index (κ1) is 38.1. The first-order valence-electron chi connectivity index (χ1n) is 17.8. The van der Waals surface area contributed by atoms with Crippen LogP contribution in [0, 0.1) is 34.5 Å². The summed E-state index contributed by atoms with van der Waals surface area (Å²) in [5, 5.41) is 8.61. The molecule has 0 aromatic heterocycles. The van der Waals surface area contributed by atoms with E-state index < -0.39 is 73.7 Å². The Balaban J connectivity index is 1.54. The second-order valence-electron chi connectivity index (χ2n) is 17.5. The fourth-order valence-electron chi connectivity index (χ4n) is 8.01. The molecule has 1 aliphatic heterocycles. The lowest BCUT2D eigenvalue weighted by molar-refractivity contribution is -0.145. The maximum absolute atomic E-state index is 14.4. The van der Waals surface area contributed by atoms with Gasteiger partial charge in [0.2, 0.25) is 17.6 Å². The van der Waals surface area contributed by atoms with E-state index in [2.05, 4.69) is 29.8 Å². The fourth-order valence-corrected chi connectivity index (χ4v) is 9.34. The molecule has 3 aliphatic carbocycles. The van der Waals surface area contributed by atoms with Crippen molar-refractivity contribution in [2.45, 2.75) is 142 Å². The average molecular weight is 694 g/mol. The van der Waals surface area contributed by atoms with Crippen LogP contribution in [0.15, 0.2) is 0 Å². The van der Waals surface area contributed by atoms with E-state index in [1.807, 2.05) is 20.8 Å². The van der Waals surface area contributed by atoms with Crippen molar-refractivity contribution in [1.82, 2.24) is 20.9 Å². The Morgan fingerprint density at radius 2 is 1.48 bits per heavy atom. The van der Waals surface area contributed by atoms with Gasteiger partial charge in [0, 0.05) is 12.6 Å². The highest BCUT2D eigenvalue weighted by Crippen LogP contribution is 2.65. The molecule has 0 aromatic carbocycles. The van der Waals surface area contributed by atoms with Crippen molar-refractivity contribution in [3.05, 3.63) is 0 Å². The molecular formula is C35H59N5O7S. The number of Topliss-reactive ketones (excluding diaryl/α,β-unsaturated/α-hetero) is 1. The number of nitrogens with two attached hydrogens (primary N) is 1. The number of urea groups is 1. The summed E-state index contributed by atoms with van der Waals surface area (Å²) in [6.07, 6.45) is 7.81. The molecule has 3 saturated carbocycles. The number of piperidine rings is 1. The maximum Gasteiger partial charge on any atom is 0.315 e. The summed E-state index contributed by atoms with van der Waals surface area (Å²) in [6, 6.07) is -4.21. The van der Waals surface area contributed by atoms with Gasteiger partial charge in [-0.25, -0.2) is 13.2 Å². The Morgan fingerprint density at radius 1 is 0.875 bits per heavy atom. The van der Waals surface area contributed by atoms with Crippen LogP contribution < -0.4 is 21.7 Å². The number of carbonyl (C=O) groups is 5. The third kappa shape index (κ3) is 8.18. The van der Waals surface area contributed by atoms with Crippen LogP contribution in [-0.4, -0.2) is 84.1 Å². The topological polar surface area (TPSA) is 185 Å². The van der Waals surface area contributed by atoms with E-state index in [-0.39, 0.29) is 34.8 Å². The highest BCUT2D eigenvalue weighted by Gasteiger charge is 2.70. The van der Waals surface area contributed by atoms with Crippen LogP contribution in [0.4, 0.5) is 4.79 Å². The average Bonchev–Trinajstić information content (AvgIpc) is 3.26. The summed E-state index contributed by atoms with van der Waals surface area (Å²) >= 11 is 0. The van der Waals surface area contributed by atoms with E-state index >= 15 is 0 Å². The molecule has 4 rings (SSSR count). The minimum atomic E-state index is -3.55. The molecule has 0 aromatic rings. The Kier molecular flexibility index (Phi) is 11.0. The molecule has 5 N–H and O–H groups in total. The Bertz CT molecular complexity index is 1370. The molecular weight excluding hydrogens is 634 g/mol. The minimum absolute atomic E-state index is 0.00223. The summed E-state index contributed by atoms with van der Waals surface area (Å²) in [5.74, 6) is -2.93. The molecule has 13 heteroatoms. The van der Waals surface area contributed by atoms with Crippen LogP contribution in [0.5, 0.6) is 0 Å². The number of sulfone groups is 1. The van der Waals surface area contributed by atoms with Crippen LogP contribution in [0.25, 0.3) is 0 Å². The molecule has 12 nitrogen and oxygen atoms in total. The monoisotopic (exact) mass is 693 g/mol. The first-order valence-corrected chi connectivity index (χ1v) is 19.4. The third-order valence-electron chi connectivity index (χ3n) is 11.7. The highest BCUT2D eigenvalue weighted by atomic mass is 32.2. The van der Waals surface area contributed by atoms with E-state index in [1.165, 1.54) is 4.90 Å². The Morgan fingerprint density at radius 3 is 1.98 bits per heavy atom. The van der Waals surface area contributed by atoms with Crippen LogP contribution in [-0.2, 0) is 29.0 Å². The minimum Gasteiger partial charge on any atom is -0.363 e. The van der Waals surface area contributed by atoms with Gasteiger partial charge in [0.15, 0.2) is 9.84 Å². The zero-order chi connectivity index (χ0) is 36.0. The normalized spacial score (nSPS) is 26.3. The van der Waals surface area contributed by atoms with Crippen molar-refractivity contribution in [3.63, 3.8) is 0 Å². The summed E-state index contributed by atoms with van der Waals surface area (Å²) in [4.78, 5) is 68.2. The molecule has 1 saturated heterocycles. The molecule has 0 radical (unpaired) electrons. The lowest BCUT2D eigenvalue weighted by atomic mass is 9.80. The van der Waals surface area contributed by atoms with Gasteiger partial charge in [0.05, 0.1) is 16.5 Å². The van der Waals surface area contributed by atoms with Gasteiger partial charge in [0.1, 0.15) is 12.1 Å². The second kappa shape index (κ2) is 13.9. The van der Waals surface area contributed by atoms with E-state index in [0.717, 1.165) is 51.4 Å². The molecule has 48 heavy (non-hydrogen) atoms. The molecule has 0 bridgehead atoms. The van der Waals surface area contributed by atoms with Crippen molar-refractivity contribution >= 4 is 39.4 Å². The molecule has 4 aliphatic rings. The smallest absolute Gasteiger partial charge is 0.315 e. The summed E-state index contributed by atoms with van der Waals surface area (Å²) in [7, 11) is -3.55. The number of rotatable bonds is 12. The molecule has 1 heterocycles. The lowest BCUT2D eigenvalue weighted by Gasteiger charge is -2.39. The highest BCUT2D eigenvalue weighted by molar-refractivity contribution is 7.92. The predicted octanol–water partition coefficient (Wildman–Crippen LogP) is 3.07. The van der Waals surface area contributed by atoms with Gasteiger partial charge in [-0.1, -0.05) is 73.1 Å². The number of nitrogens with one attached hydrogen (secondary N) is 3. The molecule has 6 atom stereocenters. The van der Waals surface area contributed by atoms with Crippen molar-refractivity contribution in [3.8, 4) is 0 Å². The van der Waals surface area contributed by atoms with Crippen LogP contribution in [0.2, 0.25) is 0 Å². The number of hydrogen-bond donors (Lipinski definition) is 4. The molecule has 5 amide bonds. The van der Waals surface area contributed by atoms with Gasteiger partial charge in [-0.3, -0.25) is 19.2 Å². The number of carbonyl (C=O) groups excluding carboxylic acids is 5. The zero-order valence-electron chi connectivity index (χ0n) is 30.2. The van der Waals surface area contributed by atoms with Crippen LogP contribution in [0.3, 0.4) is 0 Å². The largest absolute Gasteiger partial charge is 0.363 e. The number of likely N-dealkylation sites (tertiary alicyclic amines) is 1. The van der Waals surface area contributed by atoms with Crippen molar-refractivity contribution in [2.75, 3.05) is 12.3 Å². The SMILES string of the molecule is CC1(C)C2CN(C(=O)[C@@H](NC(=O)N[C@H](CS(=O)(=O)C(C)(C)C)C3CCCCC3)C(C)(C)C)[C@H](C(=O)NC(CC3CCC3)C(=O)C(N)=O)C21. The Hall–Kier alpha value is -2.70. The standard InChI is InChI=1S/C35H59N5O7S/c1-33(2,3)28(39-32(45)38-24(21-15-10-9-11-16-21)19-48(46,47)34(4,5)6)31(44)40-18-22-25(35(22,7)8)26(40)30(43)37-23(27(41)29(36)42)17-20-13-12-14-20/h20-26,28H,9-19H2,1-8H3,(H2,36,42)(H,37,43)(H2,38,39,45)/t22?,23?,24-,25?,26+,28-/m1/s1. The van der Waals surface area contributed by atoms with Gasteiger partial charge in [-0.05, 0) is 74.5 Å². The Labute approximate surface area is 286 Å². The van der Waals surface area contributed by atoms with E-state index in [4.69, 9.17) is 5.73 Å². The van der Waals surface area contributed by atoms with Gasteiger partial charge >= 0.3 is 6.03 Å². The zero-order valence-corrected chi connectivity index (χ0v) is 31.0. The van der Waals surface area contributed by atoms with Crippen LogP contribution in [0.1, 0.15) is 113 Å². The summed E-state index contributed by atoms with van der Waals surface area (Å²) < 4.78 is 25.5.